The zero-order valence-corrected chi connectivity index (χ0v) is 32.3. The molecule has 1 amide bonds. The number of hydrogen-bond donors (Lipinski definition) is 2. The fourth-order valence-electron chi connectivity index (χ4n) is 9.11. The number of ether oxygens (including phenoxy) is 1. The first-order valence-corrected chi connectivity index (χ1v) is 19.9. The highest BCUT2D eigenvalue weighted by atomic mass is 16.6. The van der Waals surface area contributed by atoms with Gasteiger partial charge < -0.3 is 19.8 Å². The van der Waals surface area contributed by atoms with Crippen molar-refractivity contribution in [3.05, 3.63) is 149 Å². The van der Waals surface area contributed by atoms with Crippen molar-refractivity contribution < 1.29 is 24.5 Å². The summed E-state index contributed by atoms with van der Waals surface area (Å²) in [5, 5.41) is 26.2. The highest BCUT2D eigenvalue weighted by Gasteiger charge is 2.57. The molecule has 3 aliphatic carbocycles. The molecule has 0 radical (unpaired) electrons. The molecule has 0 saturated heterocycles. The number of rotatable bonds is 8. The van der Waals surface area contributed by atoms with E-state index in [0.717, 1.165) is 45.9 Å². The second-order valence-electron chi connectivity index (χ2n) is 16.0. The van der Waals surface area contributed by atoms with Gasteiger partial charge in [-0.3, -0.25) is 4.79 Å². The molecule has 1 fully saturated rings. The van der Waals surface area contributed by atoms with E-state index in [2.05, 4.69) is 32.1 Å². The molecule has 0 unspecified atom stereocenters. The molecule has 55 heavy (non-hydrogen) atoms. The number of carbonyl (C=O) groups excluding carboxylic acids is 2. The normalized spacial score (nSPS) is 22.7. The molecule has 0 spiro atoms. The number of nitrogens with zero attached hydrogens (tertiary/aromatic N) is 1. The van der Waals surface area contributed by atoms with Crippen molar-refractivity contribution >= 4 is 22.6 Å². The van der Waals surface area contributed by atoms with Crippen molar-refractivity contribution in [1.82, 2.24) is 4.90 Å². The van der Waals surface area contributed by atoms with Gasteiger partial charge in [0.2, 0.25) is 0 Å². The van der Waals surface area contributed by atoms with Gasteiger partial charge in [-0.2, -0.15) is 0 Å². The van der Waals surface area contributed by atoms with Crippen LogP contribution in [0.1, 0.15) is 98.7 Å². The lowest BCUT2D eigenvalue weighted by atomic mass is 9.64. The van der Waals surface area contributed by atoms with Crippen LogP contribution in [-0.4, -0.2) is 51.8 Å². The highest BCUT2D eigenvalue weighted by Crippen LogP contribution is 2.59. The molecule has 8 rings (SSSR count). The Bertz CT molecular complexity index is 2190. The van der Waals surface area contributed by atoms with Crippen LogP contribution in [0.25, 0.3) is 21.9 Å². The maximum Gasteiger partial charge on any atom is 0.415 e. The van der Waals surface area contributed by atoms with Gasteiger partial charge in [0, 0.05) is 23.1 Å². The highest BCUT2D eigenvalue weighted by molar-refractivity contribution is 6.14. The quantitative estimate of drug-likeness (QED) is 0.122. The van der Waals surface area contributed by atoms with Crippen molar-refractivity contribution in [2.45, 2.75) is 89.8 Å². The number of aliphatic hydroxyl groups excluding tert-OH is 1. The molecule has 6 nitrogen and oxygen atoms in total. The fourth-order valence-corrected chi connectivity index (χ4v) is 9.11. The van der Waals surface area contributed by atoms with E-state index in [1.165, 1.54) is 5.57 Å². The van der Waals surface area contributed by atoms with E-state index in [1.54, 1.807) is 4.90 Å². The lowest BCUT2D eigenvalue weighted by Crippen LogP contribution is -2.54. The fraction of sp³-hybridized carbons (Fsp3) is 0.347. The Morgan fingerprint density at radius 3 is 2.38 bits per heavy atom. The molecule has 5 aromatic rings. The number of fused-ring (bicyclic) bond motifs is 9. The van der Waals surface area contributed by atoms with Gasteiger partial charge in [0.25, 0.3) is 0 Å². The SMILES string of the molecule is CCCN(C[C@]1(O)CC[C@H]2c3ccc(cc3C(=O)c3ccccc3-c3ccccc3)C[C@@H](O)CCC(C)=CCC[C@@]21C)C(=O)Oc1ccc2ccccc2c1. The van der Waals surface area contributed by atoms with Gasteiger partial charge in [0.05, 0.1) is 18.2 Å². The molecule has 0 aromatic heterocycles. The molecule has 2 bridgehead atoms. The molecule has 2 N–H and O–H groups in total. The van der Waals surface area contributed by atoms with Crippen LogP contribution < -0.4 is 4.74 Å². The largest absolute Gasteiger partial charge is 0.415 e. The van der Waals surface area contributed by atoms with E-state index in [-0.39, 0.29) is 18.2 Å². The van der Waals surface area contributed by atoms with Crippen LogP contribution in [0.2, 0.25) is 0 Å². The third-order valence-electron chi connectivity index (χ3n) is 12.3. The summed E-state index contributed by atoms with van der Waals surface area (Å²) in [4.78, 5) is 30.6. The van der Waals surface area contributed by atoms with E-state index < -0.39 is 23.2 Å². The maximum absolute atomic E-state index is 15.0. The Labute approximate surface area is 325 Å². The molecular formula is C49H53NO5. The summed E-state index contributed by atoms with van der Waals surface area (Å²) < 4.78 is 5.99. The molecule has 6 heteroatoms. The molecule has 284 valence electrons. The minimum absolute atomic E-state index is 0.0713. The summed E-state index contributed by atoms with van der Waals surface area (Å²) in [5.41, 5.74) is 4.14. The monoisotopic (exact) mass is 735 g/mol. The number of allylic oxidation sites excluding steroid dienone is 2. The van der Waals surface area contributed by atoms with Gasteiger partial charge in [-0.05, 0) is 115 Å². The summed E-state index contributed by atoms with van der Waals surface area (Å²) in [7, 11) is 0. The van der Waals surface area contributed by atoms with Crippen LogP contribution in [0.5, 0.6) is 5.75 Å². The topological polar surface area (TPSA) is 87.1 Å². The van der Waals surface area contributed by atoms with E-state index in [9.17, 15) is 19.8 Å². The first-order valence-electron chi connectivity index (χ1n) is 19.9. The van der Waals surface area contributed by atoms with Crippen LogP contribution in [0, 0.1) is 5.41 Å². The number of aliphatic hydroxyl groups is 2. The van der Waals surface area contributed by atoms with E-state index in [4.69, 9.17) is 4.74 Å². The van der Waals surface area contributed by atoms with E-state index in [0.29, 0.717) is 61.9 Å². The first kappa shape index (κ1) is 38.2. The van der Waals surface area contributed by atoms with Crippen LogP contribution in [0.15, 0.2) is 127 Å². The Balaban J connectivity index is 1.27. The number of ketones is 1. The van der Waals surface area contributed by atoms with Crippen LogP contribution in [0.3, 0.4) is 0 Å². The van der Waals surface area contributed by atoms with Gasteiger partial charge in [0.1, 0.15) is 5.75 Å². The van der Waals surface area contributed by atoms with Crippen molar-refractivity contribution in [3.8, 4) is 16.9 Å². The lowest BCUT2D eigenvalue weighted by molar-refractivity contribution is -0.0790. The van der Waals surface area contributed by atoms with Gasteiger partial charge in [0.15, 0.2) is 5.78 Å². The van der Waals surface area contributed by atoms with Gasteiger partial charge in [-0.15, -0.1) is 0 Å². The molecule has 1 saturated carbocycles. The molecule has 4 atom stereocenters. The molecule has 5 aromatic carbocycles. The minimum atomic E-state index is -1.26. The van der Waals surface area contributed by atoms with Gasteiger partial charge in [-0.25, -0.2) is 4.79 Å². The van der Waals surface area contributed by atoms with Crippen LogP contribution >= 0.6 is 0 Å². The summed E-state index contributed by atoms with van der Waals surface area (Å²) in [6, 6.07) is 37.5. The Kier molecular flexibility index (Phi) is 11.4. The summed E-state index contributed by atoms with van der Waals surface area (Å²) >= 11 is 0. The predicted molar refractivity (Wildman–Crippen MR) is 221 cm³/mol. The summed E-state index contributed by atoms with van der Waals surface area (Å²) in [5.74, 6) is 0.226. The van der Waals surface area contributed by atoms with Crippen molar-refractivity contribution in [3.63, 3.8) is 0 Å². The minimum Gasteiger partial charge on any atom is -0.410 e. The summed E-state index contributed by atoms with van der Waals surface area (Å²) in [6.45, 7) is 6.85. The average Bonchev–Trinajstić information content (AvgIpc) is 3.45. The standard InChI is InChI=1S/C49H53NO5/c1-4-29-50(47(53)55-40-24-22-36-14-8-9-17-38(36)32-40)33-49(54)28-26-45-42-25-21-35(30-39(51)23-20-34(2)13-12-27-48(45,49)3)31-44(42)46(52)43-19-11-10-18-41(43)37-15-6-5-7-16-37/h5-11,13-19,21-22,24-25,31-32,39,45,51,54H,4,12,20,23,26-30,33H2,1-3H3/t39-,45-,48-,49+/m0/s1. The predicted octanol–water partition coefficient (Wildman–Crippen LogP) is 10.7. The average molecular weight is 736 g/mol. The maximum atomic E-state index is 15.0. The number of amides is 1. The zero-order chi connectivity index (χ0) is 38.6. The second-order valence-corrected chi connectivity index (χ2v) is 16.0. The molecule has 0 heterocycles. The Hall–Kier alpha value is -5.04. The molecule has 3 aliphatic rings. The second kappa shape index (κ2) is 16.4. The zero-order valence-electron chi connectivity index (χ0n) is 32.3. The summed E-state index contributed by atoms with van der Waals surface area (Å²) in [6.07, 6.45) is 6.28. The van der Waals surface area contributed by atoms with Crippen LogP contribution in [-0.2, 0) is 6.42 Å². The van der Waals surface area contributed by atoms with Crippen molar-refractivity contribution in [1.29, 1.82) is 0 Å². The lowest BCUT2D eigenvalue weighted by Gasteiger charge is -2.46. The van der Waals surface area contributed by atoms with Crippen LogP contribution in [0.4, 0.5) is 4.79 Å². The number of hydrogen-bond acceptors (Lipinski definition) is 5. The number of benzene rings is 5. The third-order valence-corrected chi connectivity index (χ3v) is 12.3. The smallest absolute Gasteiger partial charge is 0.410 e. The molecular weight excluding hydrogens is 683 g/mol. The Morgan fingerprint density at radius 2 is 1.58 bits per heavy atom. The first-order chi connectivity index (χ1) is 26.6. The Morgan fingerprint density at radius 1 is 0.836 bits per heavy atom. The number of carbonyl (C=O) groups is 2. The van der Waals surface area contributed by atoms with E-state index in [1.807, 2.05) is 110 Å². The van der Waals surface area contributed by atoms with E-state index >= 15 is 0 Å². The van der Waals surface area contributed by atoms with Crippen molar-refractivity contribution in [2.75, 3.05) is 13.1 Å². The van der Waals surface area contributed by atoms with Gasteiger partial charge in [-0.1, -0.05) is 123 Å². The van der Waals surface area contributed by atoms with Gasteiger partial charge >= 0.3 is 6.09 Å². The molecule has 0 aliphatic heterocycles. The third kappa shape index (κ3) is 8.03. The van der Waals surface area contributed by atoms with Crippen molar-refractivity contribution in [2.24, 2.45) is 5.41 Å².